The first-order chi connectivity index (χ1) is 18.9. The minimum absolute atomic E-state index is 0.776. The zero-order valence-electron chi connectivity index (χ0n) is 23.4. The fourth-order valence-electron chi connectivity index (χ4n) is 5.17. The Labute approximate surface area is 233 Å². The maximum Gasteiger partial charge on any atom is 0.0517 e. The van der Waals surface area contributed by atoms with Gasteiger partial charge in [0.05, 0.1) is 5.69 Å². The van der Waals surface area contributed by atoms with Crippen molar-refractivity contribution in [3.8, 4) is 0 Å². The maximum atomic E-state index is 4.07. The molecule has 39 heavy (non-hydrogen) atoms. The van der Waals surface area contributed by atoms with Crippen LogP contribution in [0.25, 0.3) is 0 Å². The Morgan fingerprint density at radius 1 is 0.487 bits per heavy atom. The Bertz CT molecular complexity index is 1520. The highest BCUT2D eigenvalue weighted by Gasteiger charge is 2.20. The molecule has 0 atom stereocenters. The van der Waals surface area contributed by atoms with Gasteiger partial charge in [-0.15, -0.1) is 6.58 Å². The number of nitrogens with zero attached hydrogens (tertiary/aromatic N) is 2. The summed E-state index contributed by atoms with van der Waals surface area (Å²) < 4.78 is 0. The first-order valence-electron chi connectivity index (χ1n) is 13.5. The van der Waals surface area contributed by atoms with Gasteiger partial charge in [0.15, 0.2) is 0 Å². The Balaban J connectivity index is 1.77. The molecule has 0 heterocycles. The molecule has 0 aliphatic carbocycles. The van der Waals surface area contributed by atoms with E-state index in [0.29, 0.717) is 0 Å². The van der Waals surface area contributed by atoms with Crippen LogP contribution in [0.3, 0.4) is 0 Å². The average Bonchev–Trinajstić information content (AvgIpc) is 2.91. The van der Waals surface area contributed by atoms with Gasteiger partial charge in [0.2, 0.25) is 0 Å². The Kier molecular flexibility index (Phi) is 7.65. The lowest BCUT2D eigenvalue weighted by Crippen LogP contribution is -2.15. The molecular formula is C37H36N2. The quantitative estimate of drug-likeness (QED) is 0.192. The van der Waals surface area contributed by atoms with Crippen molar-refractivity contribution in [2.75, 3.05) is 9.80 Å². The highest BCUT2D eigenvalue weighted by atomic mass is 15.2. The zero-order chi connectivity index (χ0) is 27.4. The summed E-state index contributed by atoms with van der Waals surface area (Å²) in [5, 5.41) is 0. The molecule has 0 bridgehead atoms. The Morgan fingerprint density at radius 2 is 0.872 bits per heavy atom. The highest BCUT2D eigenvalue weighted by molar-refractivity contribution is 5.85. The van der Waals surface area contributed by atoms with Crippen LogP contribution in [-0.2, 0) is 6.42 Å². The first-order valence-corrected chi connectivity index (χ1v) is 13.5. The van der Waals surface area contributed by atoms with E-state index in [1.807, 2.05) is 6.08 Å². The van der Waals surface area contributed by atoms with Crippen molar-refractivity contribution in [2.24, 2.45) is 0 Å². The fraction of sp³-hybridized carbons (Fsp3) is 0.135. The summed E-state index contributed by atoms with van der Waals surface area (Å²) in [6.07, 6.45) is 2.76. The van der Waals surface area contributed by atoms with Gasteiger partial charge in [-0.05, 0) is 123 Å². The summed E-state index contributed by atoms with van der Waals surface area (Å²) in [7, 11) is 0. The van der Waals surface area contributed by atoms with Crippen LogP contribution in [0.4, 0.5) is 34.1 Å². The van der Waals surface area contributed by atoms with Crippen LogP contribution in [0.2, 0.25) is 0 Å². The molecule has 0 aromatic heterocycles. The molecule has 0 radical (unpaired) electrons. The van der Waals surface area contributed by atoms with Gasteiger partial charge in [0.1, 0.15) is 0 Å². The predicted molar refractivity (Wildman–Crippen MR) is 169 cm³/mol. The molecule has 0 unspecified atom stereocenters. The van der Waals surface area contributed by atoms with Crippen molar-refractivity contribution in [1.29, 1.82) is 0 Å². The molecule has 0 saturated heterocycles. The summed E-state index contributed by atoms with van der Waals surface area (Å²) in [5.41, 5.74) is 13.0. The summed E-state index contributed by atoms with van der Waals surface area (Å²) in [6, 6.07) is 41.7. The molecule has 0 N–H and O–H groups in total. The fourth-order valence-corrected chi connectivity index (χ4v) is 5.17. The normalized spacial score (nSPS) is 10.8. The van der Waals surface area contributed by atoms with Crippen LogP contribution < -0.4 is 9.80 Å². The Hall–Kier alpha value is -4.56. The topological polar surface area (TPSA) is 6.48 Å². The molecule has 5 aromatic carbocycles. The highest BCUT2D eigenvalue weighted by Crippen LogP contribution is 2.42. The molecule has 0 fully saturated rings. The van der Waals surface area contributed by atoms with Crippen molar-refractivity contribution in [1.82, 2.24) is 0 Å². The number of anilines is 6. The second kappa shape index (κ2) is 11.4. The van der Waals surface area contributed by atoms with Crippen LogP contribution in [0, 0.1) is 27.7 Å². The minimum Gasteiger partial charge on any atom is -0.310 e. The van der Waals surface area contributed by atoms with Crippen molar-refractivity contribution in [2.45, 2.75) is 34.1 Å². The van der Waals surface area contributed by atoms with E-state index in [-0.39, 0.29) is 0 Å². The number of rotatable bonds is 8. The summed E-state index contributed by atoms with van der Waals surface area (Å²) in [6.45, 7) is 12.7. The third-order valence-corrected chi connectivity index (χ3v) is 6.97. The van der Waals surface area contributed by atoms with E-state index in [4.69, 9.17) is 0 Å². The third-order valence-electron chi connectivity index (χ3n) is 6.97. The average molecular weight is 509 g/mol. The van der Waals surface area contributed by atoms with E-state index >= 15 is 0 Å². The molecule has 194 valence electrons. The molecular weight excluding hydrogens is 472 g/mol. The molecule has 5 rings (SSSR count). The van der Waals surface area contributed by atoms with Gasteiger partial charge in [0.25, 0.3) is 0 Å². The number of aryl methyl sites for hydroxylation is 4. The molecule has 0 aliphatic heterocycles. The molecule has 5 aromatic rings. The van der Waals surface area contributed by atoms with E-state index in [1.54, 1.807) is 0 Å². The van der Waals surface area contributed by atoms with Crippen molar-refractivity contribution in [3.63, 3.8) is 0 Å². The second-order valence-corrected chi connectivity index (χ2v) is 10.3. The SMILES string of the molecule is C=CCc1ccc(N(c2cccc(C)c2)c2cccc(C)c2)cc1N(c1cccc(C)c1)c1cccc(C)c1. The van der Waals surface area contributed by atoms with E-state index in [9.17, 15) is 0 Å². The number of hydrogen-bond donors (Lipinski definition) is 0. The summed E-state index contributed by atoms with van der Waals surface area (Å²) in [4.78, 5) is 4.73. The number of hydrogen-bond acceptors (Lipinski definition) is 2. The third kappa shape index (κ3) is 5.81. The molecule has 0 saturated carbocycles. The van der Waals surface area contributed by atoms with Crippen LogP contribution in [0.1, 0.15) is 27.8 Å². The second-order valence-electron chi connectivity index (χ2n) is 10.3. The molecule has 0 spiro atoms. The van der Waals surface area contributed by atoms with Crippen molar-refractivity contribution in [3.05, 3.63) is 156 Å². The largest absolute Gasteiger partial charge is 0.310 e. The summed E-state index contributed by atoms with van der Waals surface area (Å²) in [5.74, 6) is 0. The smallest absolute Gasteiger partial charge is 0.0517 e. The van der Waals surface area contributed by atoms with Crippen LogP contribution >= 0.6 is 0 Å². The number of allylic oxidation sites excluding steroid dienone is 1. The van der Waals surface area contributed by atoms with Gasteiger partial charge in [-0.1, -0.05) is 60.7 Å². The zero-order valence-corrected chi connectivity index (χ0v) is 23.4. The van der Waals surface area contributed by atoms with Crippen LogP contribution in [-0.4, -0.2) is 0 Å². The molecule has 2 heteroatoms. The monoisotopic (exact) mass is 508 g/mol. The van der Waals surface area contributed by atoms with E-state index in [0.717, 1.165) is 40.5 Å². The molecule has 2 nitrogen and oxygen atoms in total. The van der Waals surface area contributed by atoms with Crippen molar-refractivity contribution >= 4 is 34.1 Å². The lowest BCUT2D eigenvalue weighted by molar-refractivity contribution is 1.18. The van der Waals surface area contributed by atoms with Gasteiger partial charge >= 0.3 is 0 Å². The van der Waals surface area contributed by atoms with Crippen molar-refractivity contribution < 1.29 is 0 Å². The van der Waals surface area contributed by atoms with Crippen LogP contribution in [0.15, 0.2) is 128 Å². The van der Waals surface area contributed by atoms with Gasteiger partial charge in [-0.25, -0.2) is 0 Å². The molecule has 0 aliphatic rings. The number of benzene rings is 5. The van der Waals surface area contributed by atoms with E-state index in [2.05, 4.69) is 159 Å². The van der Waals surface area contributed by atoms with Gasteiger partial charge in [-0.3, -0.25) is 0 Å². The van der Waals surface area contributed by atoms with Crippen LogP contribution in [0.5, 0.6) is 0 Å². The summed E-state index contributed by atoms with van der Waals surface area (Å²) >= 11 is 0. The molecule has 0 amide bonds. The van der Waals surface area contributed by atoms with Gasteiger partial charge < -0.3 is 9.80 Å². The lowest BCUT2D eigenvalue weighted by atomic mass is 10.0. The first kappa shape index (κ1) is 26.1. The van der Waals surface area contributed by atoms with Gasteiger partial charge in [0, 0.05) is 28.4 Å². The minimum atomic E-state index is 0.776. The lowest BCUT2D eigenvalue weighted by Gasteiger charge is -2.31. The van der Waals surface area contributed by atoms with E-state index in [1.165, 1.54) is 27.8 Å². The maximum absolute atomic E-state index is 4.07. The predicted octanol–water partition coefficient (Wildman–Crippen LogP) is 10.6. The standard InChI is InChI=1S/C37H36N2/c1-6-11-31-20-21-36(38(32-16-7-12-27(2)22-32)33-17-8-13-28(3)23-33)26-37(31)39(34-18-9-14-29(4)24-34)35-19-10-15-30(5)25-35/h6-10,12-26H,1,11H2,2-5H3. The Morgan fingerprint density at radius 3 is 1.26 bits per heavy atom. The van der Waals surface area contributed by atoms with Gasteiger partial charge in [-0.2, -0.15) is 0 Å². The van der Waals surface area contributed by atoms with E-state index < -0.39 is 0 Å².